The molecule has 0 fully saturated rings. The van der Waals surface area contributed by atoms with Gasteiger partial charge in [0.25, 0.3) is 0 Å². The summed E-state index contributed by atoms with van der Waals surface area (Å²) in [6, 6.07) is 0. The molecule has 0 aliphatic rings. The van der Waals surface area contributed by atoms with E-state index in [1.807, 2.05) is 0 Å². The van der Waals surface area contributed by atoms with E-state index in [0.717, 1.165) is 26.3 Å². The molecule has 0 atom stereocenters. The van der Waals surface area contributed by atoms with Crippen molar-refractivity contribution in [2.24, 2.45) is 0 Å². The fourth-order valence-corrected chi connectivity index (χ4v) is 0.645. The van der Waals surface area contributed by atoms with Crippen molar-refractivity contribution in [1.29, 1.82) is 0 Å². The molecule has 1 aromatic heterocycles. The Kier molecular flexibility index (Phi) is 1.14. The predicted octanol–water partition coefficient (Wildman–Crippen LogP) is -0.799. The summed E-state index contributed by atoms with van der Waals surface area (Å²) in [6.07, 6.45) is 3.17. The van der Waals surface area contributed by atoms with Gasteiger partial charge in [0.2, 0.25) is 0 Å². The SMILES string of the molecule is [SnH][c]1cnco1. The van der Waals surface area contributed by atoms with Crippen molar-refractivity contribution < 1.29 is 4.42 Å². The van der Waals surface area contributed by atoms with Gasteiger partial charge < -0.3 is 0 Å². The van der Waals surface area contributed by atoms with Gasteiger partial charge in [-0.3, -0.25) is 0 Å². The molecule has 2 nitrogen and oxygen atoms in total. The molecule has 0 aliphatic carbocycles. The van der Waals surface area contributed by atoms with Crippen molar-refractivity contribution in [2.45, 2.75) is 0 Å². The van der Waals surface area contributed by atoms with Crippen LogP contribution < -0.4 is 3.78 Å². The number of aromatic nitrogens is 1. The average molecular weight is 188 g/mol. The first kappa shape index (κ1) is 4.18. The van der Waals surface area contributed by atoms with Crippen LogP contribution in [0.25, 0.3) is 0 Å². The summed E-state index contributed by atoms with van der Waals surface area (Å²) in [5.74, 6) is 0. The van der Waals surface area contributed by atoms with Gasteiger partial charge in [0.05, 0.1) is 0 Å². The molecular formula is C3H3NOSn. The van der Waals surface area contributed by atoms with Crippen molar-refractivity contribution in [1.82, 2.24) is 4.98 Å². The Balaban J connectivity index is 3.05. The summed E-state index contributed by atoms with van der Waals surface area (Å²) >= 11 is 1.02. The average Bonchev–Trinajstić information content (AvgIpc) is 1.86. The summed E-state index contributed by atoms with van der Waals surface area (Å²) in [5, 5.41) is 0. The zero-order chi connectivity index (χ0) is 4.41. The summed E-state index contributed by atoms with van der Waals surface area (Å²) in [6.45, 7) is 0. The Morgan fingerprint density at radius 1 is 1.83 bits per heavy atom. The van der Waals surface area contributed by atoms with E-state index in [1.54, 1.807) is 6.20 Å². The Morgan fingerprint density at radius 3 is 2.83 bits per heavy atom. The number of nitrogens with zero attached hydrogens (tertiary/aromatic N) is 1. The standard InChI is InChI=1S/C3H2NO.Sn.H/c1-2-5-3-4-1;;/h1,3H;;. The van der Waals surface area contributed by atoms with Gasteiger partial charge in [-0.2, -0.15) is 0 Å². The van der Waals surface area contributed by atoms with Crippen molar-refractivity contribution >= 4 is 26.3 Å². The van der Waals surface area contributed by atoms with Gasteiger partial charge in [-0.25, -0.2) is 0 Å². The second kappa shape index (κ2) is 1.64. The van der Waals surface area contributed by atoms with Gasteiger partial charge in [0.1, 0.15) is 0 Å². The molecule has 30 valence electrons. The van der Waals surface area contributed by atoms with Gasteiger partial charge >= 0.3 is 48.3 Å². The molecule has 0 amide bonds. The minimum atomic E-state index is 0.986. The quantitative estimate of drug-likeness (QED) is 0.498. The molecular weight excluding hydrogens is 185 g/mol. The molecule has 0 bridgehead atoms. The van der Waals surface area contributed by atoms with Crippen LogP contribution in [-0.2, 0) is 0 Å². The molecule has 1 heterocycles. The number of hydrogen-bond acceptors (Lipinski definition) is 2. The van der Waals surface area contributed by atoms with E-state index in [9.17, 15) is 0 Å². The van der Waals surface area contributed by atoms with Crippen LogP contribution in [0.1, 0.15) is 0 Å². The predicted molar refractivity (Wildman–Crippen MR) is 23.3 cm³/mol. The van der Waals surface area contributed by atoms with Gasteiger partial charge in [-0.05, 0) is 0 Å². The van der Waals surface area contributed by atoms with E-state index >= 15 is 0 Å². The molecule has 0 unspecified atom stereocenters. The zero-order valence-electron chi connectivity index (χ0n) is 3.09. The number of rotatable bonds is 0. The van der Waals surface area contributed by atoms with E-state index in [1.165, 1.54) is 6.39 Å². The van der Waals surface area contributed by atoms with Crippen molar-refractivity contribution in [3.05, 3.63) is 12.6 Å². The Morgan fingerprint density at radius 2 is 2.67 bits per heavy atom. The van der Waals surface area contributed by atoms with E-state index in [0.29, 0.717) is 0 Å². The first-order valence-electron chi connectivity index (χ1n) is 1.53. The maximum atomic E-state index is 4.78. The van der Waals surface area contributed by atoms with E-state index in [2.05, 4.69) is 4.98 Å². The van der Waals surface area contributed by atoms with Crippen LogP contribution in [0.5, 0.6) is 0 Å². The summed E-state index contributed by atoms with van der Waals surface area (Å²) < 4.78 is 5.77. The van der Waals surface area contributed by atoms with E-state index < -0.39 is 0 Å². The van der Waals surface area contributed by atoms with Gasteiger partial charge in [-0.15, -0.1) is 0 Å². The van der Waals surface area contributed by atoms with E-state index in [4.69, 9.17) is 4.42 Å². The van der Waals surface area contributed by atoms with Crippen LogP contribution in [0.4, 0.5) is 0 Å². The fraction of sp³-hybridized carbons (Fsp3) is 0. The molecule has 1 rings (SSSR count). The van der Waals surface area contributed by atoms with Gasteiger partial charge in [0.15, 0.2) is 0 Å². The first-order chi connectivity index (χ1) is 2.89. The molecule has 0 aliphatic heterocycles. The summed E-state index contributed by atoms with van der Waals surface area (Å²) in [7, 11) is 0. The third-order valence-electron chi connectivity index (χ3n) is 0.451. The summed E-state index contributed by atoms with van der Waals surface area (Å²) in [5.41, 5.74) is 0. The molecule has 6 heavy (non-hydrogen) atoms. The molecule has 2 radical (unpaired) electrons. The summed E-state index contributed by atoms with van der Waals surface area (Å²) in [4.78, 5) is 3.69. The normalized spacial score (nSPS) is 8.83. The van der Waals surface area contributed by atoms with Crippen LogP contribution in [0.2, 0.25) is 0 Å². The molecule has 0 saturated heterocycles. The fourth-order valence-electron chi connectivity index (χ4n) is 0.226. The Hall–Kier alpha value is 0.00870. The van der Waals surface area contributed by atoms with Crippen LogP contribution in [0.15, 0.2) is 17.0 Å². The topological polar surface area (TPSA) is 26.0 Å². The monoisotopic (exact) mass is 189 g/mol. The van der Waals surface area contributed by atoms with Crippen molar-refractivity contribution in [3.8, 4) is 0 Å². The zero-order valence-corrected chi connectivity index (χ0v) is 6.38. The van der Waals surface area contributed by atoms with Crippen LogP contribution in [-0.4, -0.2) is 27.5 Å². The van der Waals surface area contributed by atoms with Crippen molar-refractivity contribution in [2.75, 3.05) is 0 Å². The number of hydrogen-bond donors (Lipinski definition) is 0. The number of oxazole rings is 1. The molecule has 0 aromatic carbocycles. The van der Waals surface area contributed by atoms with Crippen LogP contribution in [0.3, 0.4) is 0 Å². The molecule has 0 N–H and O–H groups in total. The second-order valence-corrected chi connectivity index (χ2v) is 2.53. The van der Waals surface area contributed by atoms with Gasteiger partial charge in [-0.1, -0.05) is 0 Å². The first-order valence-corrected chi connectivity index (χ1v) is 3.18. The Labute approximate surface area is 48.7 Å². The van der Waals surface area contributed by atoms with Gasteiger partial charge in [0, 0.05) is 0 Å². The maximum absolute atomic E-state index is 4.78. The minimum absolute atomic E-state index is 0.986. The molecule has 0 spiro atoms. The van der Waals surface area contributed by atoms with Crippen molar-refractivity contribution in [3.63, 3.8) is 0 Å². The van der Waals surface area contributed by atoms with Crippen LogP contribution >= 0.6 is 0 Å². The molecule has 0 saturated carbocycles. The third kappa shape index (κ3) is 0.739. The second-order valence-electron chi connectivity index (χ2n) is 0.904. The molecule has 3 heteroatoms. The third-order valence-corrected chi connectivity index (χ3v) is 1.27. The van der Waals surface area contributed by atoms with Crippen LogP contribution in [0, 0.1) is 0 Å². The Bertz CT molecular complexity index is 114. The molecule has 1 aromatic rings. The van der Waals surface area contributed by atoms with E-state index in [-0.39, 0.29) is 0 Å².